The smallest absolute Gasteiger partial charge is 0.407 e. The van der Waals surface area contributed by atoms with Crippen molar-refractivity contribution in [2.24, 2.45) is 0 Å². The highest BCUT2D eigenvalue weighted by molar-refractivity contribution is 7.90. The highest BCUT2D eigenvalue weighted by atomic mass is 32.2. The van der Waals surface area contributed by atoms with Gasteiger partial charge in [-0.05, 0) is 63.3 Å². The van der Waals surface area contributed by atoms with E-state index in [0.29, 0.717) is 4.90 Å². The maximum absolute atomic E-state index is 12.0. The van der Waals surface area contributed by atoms with Crippen LogP contribution in [0.25, 0.3) is 0 Å². The molecule has 2 unspecified atom stereocenters. The Kier molecular flexibility index (Phi) is 3.52. The highest BCUT2D eigenvalue weighted by Gasteiger charge is 2.59. The van der Waals surface area contributed by atoms with E-state index in [2.05, 4.69) is 5.32 Å². The summed E-state index contributed by atoms with van der Waals surface area (Å²) in [4.78, 5) is 12.3. The maximum Gasteiger partial charge on any atom is 0.407 e. The normalized spacial score (nSPS) is 26.0. The number of carbonyl (C=O) groups excluding carboxylic acids is 1. The van der Waals surface area contributed by atoms with Gasteiger partial charge in [-0.25, -0.2) is 13.2 Å². The molecular weight excluding hydrogens is 314 g/mol. The third kappa shape index (κ3) is 3.09. The average Bonchev–Trinajstić information content (AvgIpc) is 2.92. The van der Waals surface area contributed by atoms with Gasteiger partial charge in [0.2, 0.25) is 0 Å². The van der Waals surface area contributed by atoms with Gasteiger partial charge in [0, 0.05) is 17.7 Å². The van der Waals surface area contributed by atoms with Gasteiger partial charge in [-0.2, -0.15) is 0 Å². The maximum atomic E-state index is 12.0. The van der Waals surface area contributed by atoms with Crippen LogP contribution in [0.3, 0.4) is 0 Å². The van der Waals surface area contributed by atoms with Crippen LogP contribution in [0, 0.1) is 0 Å². The number of aryl methyl sites for hydroxylation is 1. The first-order chi connectivity index (χ1) is 10.5. The van der Waals surface area contributed by atoms with Gasteiger partial charge in [0.15, 0.2) is 9.84 Å². The third-order valence-corrected chi connectivity index (χ3v) is 5.76. The third-order valence-electron chi connectivity index (χ3n) is 4.65. The summed E-state index contributed by atoms with van der Waals surface area (Å²) >= 11 is 0. The van der Waals surface area contributed by atoms with Crippen molar-refractivity contribution in [3.8, 4) is 0 Å². The van der Waals surface area contributed by atoms with Crippen molar-refractivity contribution < 1.29 is 17.9 Å². The van der Waals surface area contributed by atoms with Crippen molar-refractivity contribution in [2.75, 3.05) is 6.26 Å². The van der Waals surface area contributed by atoms with E-state index < -0.39 is 21.5 Å². The highest BCUT2D eigenvalue weighted by Crippen LogP contribution is 2.57. The number of amides is 1. The largest absolute Gasteiger partial charge is 0.444 e. The van der Waals surface area contributed by atoms with Crippen LogP contribution in [0.2, 0.25) is 0 Å². The molecule has 0 aliphatic heterocycles. The molecule has 1 spiro atoms. The lowest BCUT2D eigenvalue weighted by molar-refractivity contribution is 0.0519. The molecule has 1 amide bonds. The van der Waals surface area contributed by atoms with Crippen LogP contribution in [0.15, 0.2) is 23.1 Å². The SMILES string of the molecule is CC(C)(C)OC(=O)NC1CC12CCc1ccc(S(C)(=O)=O)cc12. The Labute approximate surface area is 137 Å². The summed E-state index contributed by atoms with van der Waals surface area (Å²) in [7, 11) is -3.22. The number of fused-ring (bicyclic) bond motifs is 2. The van der Waals surface area contributed by atoms with Gasteiger partial charge in [-0.1, -0.05) is 6.07 Å². The number of hydrogen-bond acceptors (Lipinski definition) is 4. The molecule has 2 aliphatic carbocycles. The Morgan fingerprint density at radius 3 is 2.65 bits per heavy atom. The molecule has 6 heteroatoms. The van der Waals surface area contributed by atoms with E-state index in [9.17, 15) is 13.2 Å². The summed E-state index contributed by atoms with van der Waals surface area (Å²) in [5, 5.41) is 2.93. The van der Waals surface area contributed by atoms with Gasteiger partial charge >= 0.3 is 6.09 Å². The quantitative estimate of drug-likeness (QED) is 0.900. The Bertz CT molecular complexity index is 763. The number of sulfone groups is 1. The number of carbonyl (C=O) groups is 1. The summed E-state index contributed by atoms with van der Waals surface area (Å²) in [6.45, 7) is 5.50. The lowest BCUT2D eigenvalue weighted by Crippen LogP contribution is -2.36. The van der Waals surface area contributed by atoms with E-state index in [1.54, 1.807) is 12.1 Å². The molecule has 0 saturated heterocycles. The monoisotopic (exact) mass is 337 g/mol. The molecule has 5 nitrogen and oxygen atoms in total. The fourth-order valence-corrected chi connectivity index (χ4v) is 4.13. The van der Waals surface area contributed by atoms with Gasteiger partial charge in [0.05, 0.1) is 4.90 Å². The minimum absolute atomic E-state index is 0.0217. The van der Waals surface area contributed by atoms with Crippen LogP contribution in [-0.4, -0.2) is 32.4 Å². The van der Waals surface area contributed by atoms with Crippen molar-refractivity contribution in [1.29, 1.82) is 0 Å². The molecule has 0 aromatic heterocycles. The Hall–Kier alpha value is -1.56. The summed E-state index contributed by atoms with van der Waals surface area (Å²) in [6, 6.07) is 5.39. The number of alkyl carbamates (subject to hydrolysis) is 1. The number of ether oxygens (including phenoxy) is 1. The molecule has 23 heavy (non-hydrogen) atoms. The van der Waals surface area contributed by atoms with Crippen molar-refractivity contribution in [2.45, 2.75) is 62.0 Å². The second kappa shape index (κ2) is 4.97. The predicted molar refractivity (Wildman–Crippen MR) is 87.3 cm³/mol. The first-order valence-corrected chi connectivity index (χ1v) is 9.73. The molecular formula is C17H23NO4S. The van der Waals surface area contributed by atoms with Crippen molar-refractivity contribution in [1.82, 2.24) is 5.32 Å². The van der Waals surface area contributed by atoms with Gasteiger partial charge in [0.1, 0.15) is 5.60 Å². The molecule has 1 fully saturated rings. The summed E-state index contributed by atoms with van der Waals surface area (Å²) in [6.07, 6.45) is 3.51. The van der Waals surface area contributed by atoms with Crippen LogP contribution in [0.1, 0.15) is 44.7 Å². The number of nitrogens with one attached hydrogen (secondary N) is 1. The molecule has 0 heterocycles. The van der Waals surface area contributed by atoms with Crippen molar-refractivity contribution >= 4 is 15.9 Å². The lowest BCUT2D eigenvalue weighted by Gasteiger charge is -2.20. The van der Waals surface area contributed by atoms with E-state index in [-0.39, 0.29) is 11.5 Å². The van der Waals surface area contributed by atoms with Crippen LogP contribution < -0.4 is 5.32 Å². The van der Waals surface area contributed by atoms with Crippen LogP contribution in [0.4, 0.5) is 4.79 Å². The van der Waals surface area contributed by atoms with Crippen molar-refractivity contribution in [3.63, 3.8) is 0 Å². The van der Waals surface area contributed by atoms with E-state index in [1.165, 1.54) is 11.8 Å². The standard InChI is InChI=1S/C17H23NO4S/c1-16(2,3)22-15(19)18-14-10-17(14)8-7-11-5-6-12(9-13(11)17)23(4,20)21/h5-6,9,14H,7-8,10H2,1-4H3,(H,18,19). The molecule has 3 rings (SSSR count). The van der Waals surface area contributed by atoms with Crippen molar-refractivity contribution in [3.05, 3.63) is 29.3 Å². The molecule has 2 aliphatic rings. The molecule has 1 N–H and O–H groups in total. The fourth-order valence-electron chi connectivity index (χ4n) is 3.48. The second-order valence-corrected chi connectivity index (χ2v) is 9.67. The Morgan fingerprint density at radius 1 is 1.35 bits per heavy atom. The fraction of sp³-hybridized carbons (Fsp3) is 0.588. The van der Waals surface area contributed by atoms with Gasteiger partial charge < -0.3 is 10.1 Å². The minimum Gasteiger partial charge on any atom is -0.444 e. The second-order valence-electron chi connectivity index (χ2n) is 7.65. The van der Waals surface area contributed by atoms with E-state index >= 15 is 0 Å². The van der Waals surface area contributed by atoms with Gasteiger partial charge in [0.25, 0.3) is 0 Å². The number of rotatable bonds is 2. The van der Waals surface area contributed by atoms with Crippen LogP contribution in [0.5, 0.6) is 0 Å². The van der Waals surface area contributed by atoms with Gasteiger partial charge in [-0.15, -0.1) is 0 Å². The Balaban J connectivity index is 1.80. The molecule has 1 aromatic rings. The summed E-state index contributed by atoms with van der Waals surface area (Å²) in [5.74, 6) is 0. The first kappa shape index (κ1) is 16.3. The zero-order chi connectivity index (χ0) is 17.0. The number of benzene rings is 1. The Morgan fingerprint density at radius 2 is 2.04 bits per heavy atom. The average molecular weight is 337 g/mol. The van der Waals surface area contributed by atoms with E-state index in [0.717, 1.165) is 24.8 Å². The molecule has 0 radical (unpaired) electrons. The van der Waals surface area contributed by atoms with Crippen LogP contribution in [-0.2, 0) is 26.4 Å². The summed E-state index contributed by atoms with van der Waals surface area (Å²) < 4.78 is 28.9. The molecule has 0 bridgehead atoms. The lowest BCUT2D eigenvalue weighted by atomic mass is 9.97. The minimum atomic E-state index is -3.22. The van der Waals surface area contributed by atoms with Gasteiger partial charge in [-0.3, -0.25) is 0 Å². The predicted octanol–water partition coefficient (Wildman–Crippen LogP) is 2.57. The molecule has 126 valence electrons. The van der Waals surface area contributed by atoms with E-state index in [4.69, 9.17) is 4.74 Å². The molecule has 1 saturated carbocycles. The zero-order valence-electron chi connectivity index (χ0n) is 14.0. The van der Waals surface area contributed by atoms with E-state index in [1.807, 2.05) is 26.8 Å². The zero-order valence-corrected chi connectivity index (χ0v) is 14.8. The van der Waals surface area contributed by atoms with Crippen LogP contribution >= 0.6 is 0 Å². The molecule has 2 atom stereocenters. The molecule has 1 aromatic carbocycles. The number of hydrogen-bond donors (Lipinski definition) is 1. The first-order valence-electron chi connectivity index (χ1n) is 7.84. The topological polar surface area (TPSA) is 72.5 Å². The summed E-state index contributed by atoms with van der Waals surface area (Å²) in [5.41, 5.74) is 1.61.